The maximum absolute atomic E-state index is 13.9. The number of benzene rings is 4. The number of fused-ring (bicyclic) bond motifs is 4. The highest BCUT2D eigenvalue weighted by Crippen LogP contribution is 2.52. The van der Waals surface area contributed by atoms with Gasteiger partial charge in [-0.15, -0.1) is 0 Å². The number of piperazine rings is 1. The molecule has 7 rings (SSSR count). The van der Waals surface area contributed by atoms with E-state index in [1.807, 2.05) is 0 Å². The fourth-order valence-electron chi connectivity index (χ4n) is 6.63. The van der Waals surface area contributed by atoms with Crippen LogP contribution in [0.25, 0.3) is 11.1 Å². The van der Waals surface area contributed by atoms with E-state index >= 15 is 0 Å². The van der Waals surface area contributed by atoms with Crippen LogP contribution in [-0.4, -0.2) is 87.7 Å². The molecule has 0 saturated carbocycles. The molecule has 3 heterocycles. The molecule has 1 atom stereocenters. The molecule has 0 aliphatic carbocycles. The van der Waals surface area contributed by atoms with Crippen LogP contribution in [0.1, 0.15) is 18.9 Å². The molecular formula is C38H42F3N5S2. The van der Waals surface area contributed by atoms with Gasteiger partial charge in [0, 0.05) is 64.9 Å². The zero-order valence-corrected chi connectivity index (χ0v) is 29.6. The first-order valence-electron chi connectivity index (χ1n) is 16.6. The predicted octanol–water partition coefficient (Wildman–Crippen LogP) is 9.17. The first kappa shape index (κ1) is 33.4. The number of rotatable bonds is 8. The summed E-state index contributed by atoms with van der Waals surface area (Å²) in [5, 5.41) is 0. The maximum atomic E-state index is 13.9. The average Bonchev–Trinajstić information content (AvgIpc) is 3.07. The van der Waals surface area contributed by atoms with Gasteiger partial charge in [0.05, 0.1) is 28.3 Å². The molecular weight excluding hydrogens is 648 g/mol. The Morgan fingerprint density at radius 3 is 1.88 bits per heavy atom. The largest absolute Gasteiger partial charge is 0.416 e. The molecule has 5 nitrogen and oxygen atoms in total. The fourth-order valence-corrected chi connectivity index (χ4v) is 8.76. The highest BCUT2D eigenvalue weighted by molar-refractivity contribution is 8.00. The van der Waals surface area contributed by atoms with Gasteiger partial charge in [0.1, 0.15) is 0 Å². The van der Waals surface area contributed by atoms with E-state index in [1.54, 1.807) is 29.6 Å². The summed E-state index contributed by atoms with van der Waals surface area (Å²) in [4.78, 5) is 16.0. The Balaban J connectivity index is 1.24. The number of anilines is 4. The molecule has 1 fully saturated rings. The van der Waals surface area contributed by atoms with E-state index in [1.165, 1.54) is 33.3 Å². The van der Waals surface area contributed by atoms with Crippen LogP contribution in [0.2, 0.25) is 0 Å². The van der Waals surface area contributed by atoms with Crippen LogP contribution >= 0.6 is 23.5 Å². The van der Waals surface area contributed by atoms with E-state index in [0.717, 1.165) is 72.3 Å². The minimum Gasteiger partial charge on any atom is -0.340 e. The van der Waals surface area contributed by atoms with Crippen LogP contribution in [0.3, 0.4) is 0 Å². The summed E-state index contributed by atoms with van der Waals surface area (Å²) < 4.78 is 41.8. The number of likely N-dealkylation sites (N-methyl/N-ethyl adjacent to an activating group) is 2. The highest BCUT2D eigenvalue weighted by Gasteiger charge is 2.34. The van der Waals surface area contributed by atoms with Crippen molar-refractivity contribution in [3.63, 3.8) is 0 Å². The lowest BCUT2D eigenvalue weighted by Crippen LogP contribution is -2.45. The number of alkyl halides is 3. The molecule has 4 aromatic rings. The Bertz CT molecular complexity index is 1790. The van der Waals surface area contributed by atoms with E-state index in [4.69, 9.17) is 0 Å². The molecule has 0 N–H and O–H groups in total. The number of halogens is 3. The van der Waals surface area contributed by atoms with Gasteiger partial charge in [0.2, 0.25) is 0 Å². The molecule has 1 unspecified atom stereocenters. The standard InChI is InChI=1S/C38H42F3N5S2/c1-26(42(2)3)25-46-30-8-5-6-9-34(30)47-36-14-11-28(23-32(36)46)27-10-13-35-31(22-27)45(17-7-16-44-20-18-43(4)19-21-44)33-24-29(38(39,40)41)12-15-37(33)48-35/h5-6,8-15,22-24,26H,7,16-21,25H2,1-4H3. The van der Waals surface area contributed by atoms with Crippen molar-refractivity contribution >= 4 is 46.3 Å². The third-order valence-corrected chi connectivity index (χ3v) is 12.0. The quantitative estimate of drug-likeness (QED) is 0.181. The minimum atomic E-state index is -4.40. The first-order valence-corrected chi connectivity index (χ1v) is 18.3. The second-order valence-corrected chi connectivity index (χ2v) is 15.5. The zero-order chi connectivity index (χ0) is 33.6. The van der Waals surface area contributed by atoms with Crippen LogP contribution in [0.5, 0.6) is 0 Å². The second-order valence-electron chi connectivity index (χ2n) is 13.3. The summed E-state index contributed by atoms with van der Waals surface area (Å²) >= 11 is 3.36. The van der Waals surface area contributed by atoms with Gasteiger partial charge in [-0.3, -0.25) is 0 Å². The molecule has 0 amide bonds. The van der Waals surface area contributed by atoms with Crippen LogP contribution < -0.4 is 9.80 Å². The molecule has 0 spiro atoms. The lowest BCUT2D eigenvalue weighted by molar-refractivity contribution is -0.137. The molecule has 3 aliphatic heterocycles. The van der Waals surface area contributed by atoms with Crippen molar-refractivity contribution in [3.8, 4) is 11.1 Å². The number of hydrogen-bond acceptors (Lipinski definition) is 7. The van der Waals surface area contributed by atoms with Gasteiger partial charge in [0.15, 0.2) is 0 Å². The SMILES string of the molecule is CC(CN1c2ccccc2Sc2ccc(-c3ccc4c(c3)N(CCCN3CCN(C)CC3)c3cc(C(F)(F)F)ccc3S4)cc21)N(C)C. The van der Waals surface area contributed by atoms with Crippen molar-refractivity contribution in [1.82, 2.24) is 14.7 Å². The number of hydrogen-bond donors (Lipinski definition) is 0. The zero-order valence-electron chi connectivity index (χ0n) is 27.9. The third kappa shape index (κ3) is 6.83. The Hall–Kier alpha value is -3.15. The minimum absolute atomic E-state index is 0.333. The summed E-state index contributed by atoms with van der Waals surface area (Å²) in [5.41, 5.74) is 5.55. The van der Waals surface area contributed by atoms with Gasteiger partial charge in [0.25, 0.3) is 0 Å². The van der Waals surface area contributed by atoms with Crippen LogP contribution in [0, 0.1) is 0 Å². The van der Waals surface area contributed by atoms with Gasteiger partial charge in [-0.1, -0.05) is 47.8 Å². The fraction of sp³-hybridized carbons (Fsp3) is 0.368. The summed E-state index contributed by atoms with van der Waals surface area (Å²) in [5.74, 6) is 0. The van der Waals surface area contributed by atoms with Crippen molar-refractivity contribution in [2.75, 3.05) is 76.8 Å². The van der Waals surface area contributed by atoms with Gasteiger partial charge in [-0.2, -0.15) is 13.2 Å². The Morgan fingerprint density at radius 2 is 1.25 bits per heavy atom. The predicted molar refractivity (Wildman–Crippen MR) is 194 cm³/mol. The molecule has 48 heavy (non-hydrogen) atoms. The third-order valence-electron chi connectivity index (χ3n) is 9.79. The molecule has 10 heteroatoms. The van der Waals surface area contributed by atoms with Crippen LogP contribution in [0.4, 0.5) is 35.9 Å². The lowest BCUT2D eigenvalue weighted by Gasteiger charge is -2.36. The van der Waals surface area contributed by atoms with E-state index in [2.05, 4.69) is 113 Å². The van der Waals surface area contributed by atoms with Gasteiger partial charge in [-0.25, -0.2) is 0 Å². The Kier molecular flexibility index (Phi) is 9.47. The first-order chi connectivity index (χ1) is 23.0. The van der Waals surface area contributed by atoms with Crippen molar-refractivity contribution < 1.29 is 13.2 Å². The van der Waals surface area contributed by atoms with Gasteiger partial charge in [-0.05, 0) is 107 Å². The summed E-state index contributed by atoms with van der Waals surface area (Å²) in [6.45, 7) is 8.79. The van der Waals surface area contributed by atoms with Crippen LogP contribution in [-0.2, 0) is 6.18 Å². The highest BCUT2D eigenvalue weighted by atomic mass is 32.2. The number of nitrogens with zero attached hydrogens (tertiary/aromatic N) is 5. The average molecular weight is 690 g/mol. The summed E-state index contributed by atoms with van der Waals surface area (Å²) in [6, 6.07) is 26.2. The smallest absolute Gasteiger partial charge is 0.340 e. The van der Waals surface area contributed by atoms with Crippen molar-refractivity contribution in [3.05, 3.63) is 84.4 Å². The van der Waals surface area contributed by atoms with E-state index in [-0.39, 0.29) is 0 Å². The molecule has 0 radical (unpaired) electrons. The molecule has 0 bridgehead atoms. The monoisotopic (exact) mass is 689 g/mol. The lowest BCUT2D eigenvalue weighted by atomic mass is 10.0. The van der Waals surface area contributed by atoms with Crippen molar-refractivity contribution in [2.45, 2.75) is 45.1 Å². The van der Waals surface area contributed by atoms with Crippen LogP contribution in [0.15, 0.2) is 98.4 Å². The van der Waals surface area contributed by atoms with Crippen molar-refractivity contribution in [1.29, 1.82) is 0 Å². The Labute approximate surface area is 290 Å². The molecule has 3 aliphatic rings. The maximum Gasteiger partial charge on any atom is 0.416 e. The van der Waals surface area contributed by atoms with Gasteiger partial charge < -0.3 is 24.5 Å². The van der Waals surface area contributed by atoms with Crippen molar-refractivity contribution in [2.24, 2.45) is 0 Å². The van der Waals surface area contributed by atoms with Gasteiger partial charge >= 0.3 is 6.18 Å². The molecule has 0 aromatic heterocycles. The van der Waals surface area contributed by atoms with E-state index < -0.39 is 11.7 Å². The number of para-hydroxylation sites is 1. The van der Waals surface area contributed by atoms with E-state index in [9.17, 15) is 13.2 Å². The second kappa shape index (κ2) is 13.6. The van der Waals surface area contributed by atoms with E-state index in [0.29, 0.717) is 18.3 Å². The summed E-state index contributed by atoms with van der Waals surface area (Å²) in [6.07, 6.45) is -3.54. The normalized spacial score (nSPS) is 17.2. The summed E-state index contributed by atoms with van der Waals surface area (Å²) in [7, 11) is 6.38. The Morgan fingerprint density at radius 1 is 0.688 bits per heavy atom. The molecule has 4 aromatic carbocycles. The molecule has 252 valence electrons. The topological polar surface area (TPSA) is 16.2 Å². The molecule has 1 saturated heterocycles.